The maximum absolute atomic E-state index is 6.64. The zero-order chi connectivity index (χ0) is 24.4. The Balaban J connectivity index is 1.45. The van der Waals surface area contributed by atoms with Crippen LogP contribution in [-0.4, -0.2) is 36.2 Å². The molecule has 6 nitrogen and oxygen atoms in total. The number of nitrogens with one attached hydrogen (secondary N) is 1. The van der Waals surface area contributed by atoms with E-state index in [1.165, 1.54) is 11.3 Å². The van der Waals surface area contributed by atoms with E-state index >= 15 is 0 Å². The Kier molecular flexibility index (Phi) is 7.12. The fraction of sp³-hybridized carbons (Fsp3) is 0.407. The van der Waals surface area contributed by atoms with Gasteiger partial charge in [0.25, 0.3) is 0 Å². The van der Waals surface area contributed by atoms with E-state index in [0.717, 1.165) is 45.5 Å². The highest BCUT2D eigenvalue weighted by Crippen LogP contribution is 2.26. The molecule has 35 heavy (non-hydrogen) atoms. The van der Waals surface area contributed by atoms with Gasteiger partial charge >= 0.3 is 0 Å². The minimum absolute atomic E-state index is 0.00124. The van der Waals surface area contributed by atoms with Crippen LogP contribution >= 0.6 is 22.9 Å². The van der Waals surface area contributed by atoms with E-state index in [-0.39, 0.29) is 6.10 Å². The van der Waals surface area contributed by atoms with Crippen molar-refractivity contribution < 1.29 is 9.47 Å². The molecule has 1 aromatic heterocycles. The molecule has 8 heteroatoms. The van der Waals surface area contributed by atoms with E-state index in [9.17, 15) is 0 Å². The second kappa shape index (κ2) is 10.3. The summed E-state index contributed by atoms with van der Waals surface area (Å²) in [6, 6.07) is 14.5. The fourth-order valence-electron chi connectivity index (χ4n) is 4.31. The summed E-state index contributed by atoms with van der Waals surface area (Å²) in [5, 5.41) is 4.06. The number of thiazole rings is 1. The summed E-state index contributed by atoms with van der Waals surface area (Å²) < 4.78 is 14.8. The number of ether oxygens (including phenoxy) is 2. The van der Waals surface area contributed by atoms with Crippen molar-refractivity contribution in [3.05, 3.63) is 73.4 Å². The van der Waals surface area contributed by atoms with Gasteiger partial charge in [0.15, 0.2) is 16.1 Å². The summed E-state index contributed by atoms with van der Waals surface area (Å²) in [7, 11) is 0. The second-order valence-electron chi connectivity index (χ2n) is 9.30. The molecule has 1 atom stereocenters. The Morgan fingerprint density at radius 3 is 2.91 bits per heavy atom. The normalized spacial score (nSPS) is 19.4. The highest BCUT2D eigenvalue weighted by atomic mass is 35.5. The molecule has 0 bridgehead atoms. The zero-order valence-corrected chi connectivity index (χ0v) is 22.0. The second-order valence-corrected chi connectivity index (χ2v) is 10.7. The number of para-hydroxylation sites is 1. The third-order valence-corrected chi connectivity index (χ3v) is 7.42. The van der Waals surface area contributed by atoms with Gasteiger partial charge in [-0.3, -0.25) is 14.6 Å². The molecule has 0 unspecified atom stereocenters. The quantitative estimate of drug-likeness (QED) is 0.479. The molecule has 5 rings (SSSR count). The molecule has 1 fully saturated rings. The number of benzene rings is 2. The van der Waals surface area contributed by atoms with Gasteiger partial charge in [-0.05, 0) is 55.7 Å². The van der Waals surface area contributed by atoms with E-state index in [0.29, 0.717) is 24.7 Å². The molecular formula is C27H31ClN4O2S. The molecule has 0 radical (unpaired) electrons. The summed E-state index contributed by atoms with van der Waals surface area (Å²) in [4.78, 5) is 10.8. The Morgan fingerprint density at radius 1 is 1.29 bits per heavy atom. The van der Waals surface area contributed by atoms with Crippen LogP contribution < -0.4 is 20.1 Å². The van der Waals surface area contributed by atoms with Crippen LogP contribution in [0, 0.1) is 0 Å². The molecule has 3 heterocycles. The maximum atomic E-state index is 6.64. The first-order valence-corrected chi connectivity index (χ1v) is 13.3. The number of aromatic nitrogens is 1. The minimum Gasteiger partial charge on any atom is -0.381 e. The van der Waals surface area contributed by atoms with Crippen LogP contribution in [0.15, 0.2) is 52.4 Å². The Hall–Kier alpha value is -2.45. The first-order valence-electron chi connectivity index (χ1n) is 12.2. The van der Waals surface area contributed by atoms with E-state index < -0.39 is 5.79 Å². The van der Waals surface area contributed by atoms with Crippen molar-refractivity contribution in [3.63, 3.8) is 0 Å². The SMILES string of the molecule is CCCC/N=c1\s/c(=C\c2ccc(NC[C@H]3COC(C)(C)O3)c(Cl)c2)c2n1-c1ccccc1CN=2. The van der Waals surface area contributed by atoms with Gasteiger partial charge in [-0.2, -0.15) is 0 Å². The molecule has 184 valence electrons. The molecule has 3 aromatic rings. The Labute approximate surface area is 214 Å². The number of unbranched alkanes of at least 4 members (excludes halogenated alkanes) is 1. The van der Waals surface area contributed by atoms with Crippen molar-refractivity contribution >= 4 is 34.7 Å². The third kappa shape index (κ3) is 5.38. The number of rotatable bonds is 7. The zero-order valence-electron chi connectivity index (χ0n) is 20.4. The summed E-state index contributed by atoms with van der Waals surface area (Å²) in [6.45, 7) is 8.75. The largest absolute Gasteiger partial charge is 0.381 e. The van der Waals surface area contributed by atoms with E-state index in [4.69, 9.17) is 31.1 Å². The van der Waals surface area contributed by atoms with Gasteiger partial charge in [-0.1, -0.05) is 60.5 Å². The predicted molar refractivity (Wildman–Crippen MR) is 142 cm³/mol. The highest BCUT2D eigenvalue weighted by Gasteiger charge is 2.32. The van der Waals surface area contributed by atoms with Gasteiger partial charge in [-0.15, -0.1) is 0 Å². The Bertz CT molecular complexity index is 1410. The number of hydrogen-bond acceptors (Lipinski definition) is 6. The van der Waals surface area contributed by atoms with Gasteiger partial charge < -0.3 is 14.8 Å². The van der Waals surface area contributed by atoms with Crippen molar-refractivity contribution in [1.82, 2.24) is 4.57 Å². The van der Waals surface area contributed by atoms with Gasteiger partial charge in [0.2, 0.25) is 0 Å². The monoisotopic (exact) mass is 510 g/mol. The number of halogens is 1. The standard InChI is InChI=1S/C27H31ClN4O2S/c1-4-5-12-29-26-32-23-9-7-6-8-19(23)15-31-25(32)24(35-26)14-18-10-11-22(21(28)13-18)30-16-20-17-33-27(2,3)34-20/h6-11,13-14,20,30H,4-5,12,15-17H2,1-3H3/b24-14-,29-26-/t20-/m0/s1. The molecule has 0 saturated carbocycles. The smallest absolute Gasteiger partial charge is 0.191 e. The lowest BCUT2D eigenvalue weighted by molar-refractivity contribution is -0.136. The molecular weight excluding hydrogens is 480 g/mol. The highest BCUT2D eigenvalue weighted by molar-refractivity contribution is 7.07. The van der Waals surface area contributed by atoms with Crippen LogP contribution in [0.1, 0.15) is 44.7 Å². The summed E-state index contributed by atoms with van der Waals surface area (Å²) in [5.74, 6) is -0.528. The van der Waals surface area contributed by atoms with Crippen molar-refractivity contribution in [2.75, 3.05) is 25.0 Å². The molecule has 0 spiro atoms. The molecule has 1 N–H and O–H groups in total. The van der Waals surface area contributed by atoms with Crippen molar-refractivity contribution in [2.24, 2.45) is 9.98 Å². The van der Waals surface area contributed by atoms with Gasteiger partial charge in [0, 0.05) is 13.1 Å². The summed E-state index contributed by atoms with van der Waals surface area (Å²) >= 11 is 8.32. The lowest BCUT2D eigenvalue weighted by atomic mass is 10.1. The number of anilines is 1. The average molecular weight is 511 g/mol. The number of hydrogen-bond donors (Lipinski definition) is 1. The topological polar surface area (TPSA) is 60.1 Å². The fourth-order valence-corrected chi connectivity index (χ4v) is 5.64. The molecule has 2 aromatic carbocycles. The van der Waals surface area contributed by atoms with E-state index in [1.54, 1.807) is 11.3 Å². The number of fused-ring (bicyclic) bond motifs is 3. The maximum Gasteiger partial charge on any atom is 0.191 e. The summed E-state index contributed by atoms with van der Waals surface area (Å²) in [5.41, 5.74) is 5.26. The van der Waals surface area contributed by atoms with E-state index in [1.807, 2.05) is 26.0 Å². The van der Waals surface area contributed by atoms with Crippen molar-refractivity contribution in [3.8, 4) is 5.69 Å². The molecule has 0 amide bonds. The lowest BCUT2D eigenvalue weighted by Crippen LogP contribution is -2.35. The first kappa shape index (κ1) is 24.3. The minimum atomic E-state index is -0.528. The van der Waals surface area contributed by atoms with Gasteiger partial charge in [-0.25, -0.2) is 0 Å². The van der Waals surface area contributed by atoms with Gasteiger partial charge in [0.05, 0.1) is 34.1 Å². The third-order valence-electron chi connectivity index (χ3n) is 6.09. The van der Waals surface area contributed by atoms with Crippen LogP contribution in [0.3, 0.4) is 0 Å². The van der Waals surface area contributed by atoms with Crippen LogP contribution in [-0.2, 0) is 16.0 Å². The Morgan fingerprint density at radius 2 is 2.14 bits per heavy atom. The van der Waals surface area contributed by atoms with E-state index in [2.05, 4.69) is 53.2 Å². The first-order chi connectivity index (χ1) is 16.9. The van der Waals surface area contributed by atoms with Crippen LogP contribution in [0.4, 0.5) is 5.69 Å². The molecule has 1 saturated heterocycles. The lowest BCUT2D eigenvalue weighted by Gasteiger charge is -2.18. The molecule has 2 aliphatic rings. The van der Waals surface area contributed by atoms with Crippen LogP contribution in [0.25, 0.3) is 11.8 Å². The number of nitrogens with zero attached hydrogens (tertiary/aromatic N) is 3. The predicted octanol–water partition coefficient (Wildman–Crippen LogP) is 4.42. The van der Waals surface area contributed by atoms with Crippen LogP contribution in [0.5, 0.6) is 0 Å². The molecule has 2 aliphatic heterocycles. The van der Waals surface area contributed by atoms with Gasteiger partial charge in [0.1, 0.15) is 6.10 Å². The van der Waals surface area contributed by atoms with Crippen molar-refractivity contribution in [1.29, 1.82) is 0 Å². The summed E-state index contributed by atoms with van der Waals surface area (Å²) in [6.07, 6.45) is 4.35. The van der Waals surface area contributed by atoms with Crippen LogP contribution in [0.2, 0.25) is 5.02 Å². The molecule has 0 aliphatic carbocycles. The van der Waals surface area contributed by atoms with Crippen molar-refractivity contribution in [2.45, 2.75) is 52.0 Å². The average Bonchev–Trinajstić information content (AvgIpc) is 3.38.